The summed E-state index contributed by atoms with van der Waals surface area (Å²) >= 11 is 9.09. The number of hydrogen-bond acceptors (Lipinski definition) is 7. The molecule has 0 fully saturated rings. The molecule has 0 aliphatic carbocycles. The van der Waals surface area contributed by atoms with E-state index in [9.17, 15) is 9.59 Å². The second-order valence-electron chi connectivity index (χ2n) is 3.83. The fourth-order valence-electron chi connectivity index (χ4n) is 1.59. The molecule has 106 valence electrons. The van der Waals surface area contributed by atoms with Crippen molar-refractivity contribution in [3.05, 3.63) is 53.0 Å². The molecule has 0 saturated carbocycles. The Kier molecular flexibility index (Phi) is 4.16. The first kappa shape index (κ1) is 14.8. The van der Waals surface area contributed by atoms with Gasteiger partial charge in [-0.05, 0) is 66.4 Å². The van der Waals surface area contributed by atoms with Crippen molar-refractivity contribution in [2.75, 3.05) is 0 Å². The molecule has 3 aromatic heterocycles. The molecule has 0 aliphatic heterocycles. The third kappa shape index (κ3) is 2.91. The molecule has 0 aromatic carbocycles. The number of rotatable bonds is 4. The predicted molar refractivity (Wildman–Crippen MR) is 85.2 cm³/mol. The van der Waals surface area contributed by atoms with Crippen LogP contribution in [0, 0.1) is 0 Å². The van der Waals surface area contributed by atoms with Gasteiger partial charge in [-0.3, -0.25) is 9.59 Å². The molecule has 3 rings (SSSR count). The van der Waals surface area contributed by atoms with Crippen LogP contribution in [0.5, 0.6) is 0 Å². The summed E-state index contributed by atoms with van der Waals surface area (Å²) in [6, 6.07) is 6.82. The number of aromatic nitrogens is 2. The highest BCUT2D eigenvalue weighted by Crippen LogP contribution is 2.27. The van der Waals surface area contributed by atoms with Crippen molar-refractivity contribution in [3.63, 3.8) is 0 Å². The van der Waals surface area contributed by atoms with Gasteiger partial charge in [0.1, 0.15) is 0 Å². The molecule has 0 N–H and O–H groups in total. The van der Waals surface area contributed by atoms with Crippen LogP contribution in [0.4, 0.5) is 0 Å². The highest BCUT2D eigenvalue weighted by molar-refractivity contribution is 9.11. The van der Waals surface area contributed by atoms with E-state index in [4.69, 9.17) is 0 Å². The number of halogens is 2. The average molecular weight is 448 g/mol. The Bertz CT molecular complexity index is 770. The number of thiophene rings is 2. The maximum atomic E-state index is 12.4. The molecule has 0 amide bonds. The molecule has 5 nitrogen and oxygen atoms in total. The van der Waals surface area contributed by atoms with Crippen LogP contribution in [-0.2, 0) is 0 Å². The first-order chi connectivity index (χ1) is 10.1. The van der Waals surface area contributed by atoms with Crippen molar-refractivity contribution in [1.29, 1.82) is 0 Å². The number of ketones is 2. The van der Waals surface area contributed by atoms with E-state index in [1.165, 1.54) is 22.7 Å². The molecule has 0 unspecified atom stereocenters. The lowest BCUT2D eigenvalue weighted by Crippen LogP contribution is -2.09. The lowest BCUT2D eigenvalue weighted by atomic mass is 10.1. The van der Waals surface area contributed by atoms with Gasteiger partial charge in [-0.1, -0.05) is 0 Å². The zero-order chi connectivity index (χ0) is 15.0. The summed E-state index contributed by atoms with van der Waals surface area (Å²) in [4.78, 5) is 25.6. The van der Waals surface area contributed by atoms with E-state index in [0.717, 1.165) is 7.57 Å². The lowest BCUT2D eigenvalue weighted by Gasteiger charge is -1.95. The van der Waals surface area contributed by atoms with Gasteiger partial charge in [-0.2, -0.15) is 0 Å². The van der Waals surface area contributed by atoms with Crippen molar-refractivity contribution < 1.29 is 14.2 Å². The third-order valence-corrected chi connectivity index (χ3v) is 5.76. The minimum atomic E-state index is -0.383. The largest absolute Gasteiger partial charge is 0.286 e. The van der Waals surface area contributed by atoms with E-state index < -0.39 is 0 Å². The molecular formula is C12H4Br2N2O3S2. The molecule has 0 atom stereocenters. The van der Waals surface area contributed by atoms with Gasteiger partial charge in [-0.25, -0.2) is 4.63 Å². The maximum Gasteiger partial charge on any atom is 0.227 e. The van der Waals surface area contributed by atoms with Crippen LogP contribution in [0.3, 0.4) is 0 Å². The van der Waals surface area contributed by atoms with Crippen molar-refractivity contribution in [2.24, 2.45) is 0 Å². The van der Waals surface area contributed by atoms with Gasteiger partial charge in [0.05, 0.1) is 17.3 Å². The summed E-state index contributed by atoms with van der Waals surface area (Å²) in [5.74, 6) is -0.767. The molecule has 9 heteroatoms. The van der Waals surface area contributed by atoms with Gasteiger partial charge in [0, 0.05) is 0 Å². The van der Waals surface area contributed by atoms with Gasteiger partial charge in [0.15, 0.2) is 11.4 Å². The van der Waals surface area contributed by atoms with Gasteiger partial charge in [0.25, 0.3) is 0 Å². The average Bonchev–Trinajstić information content (AvgIpc) is 3.17. The normalized spacial score (nSPS) is 10.8. The molecule has 0 spiro atoms. The summed E-state index contributed by atoms with van der Waals surface area (Å²) in [6.07, 6.45) is 0. The number of nitrogens with zero attached hydrogens (tertiary/aromatic N) is 2. The van der Waals surface area contributed by atoms with Crippen molar-refractivity contribution in [1.82, 2.24) is 10.3 Å². The van der Waals surface area contributed by atoms with Crippen LogP contribution in [0.2, 0.25) is 0 Å². The summed E-state index contributed by atoms with van der Waals surface area (Å²) in [7, 11) is 0. The first-order valence-corrected chi connectivity index (χ1v) is 8.71. The Labute approximate surface area is 143 Å². The van der Waals surface area contributed by atoms with E-state index in [0.29, 0.717) is 9.75 Å². The second-order valence-corrected chi connectivity index (χ2v) is 8.75. The summed E-state index contributed by atoms with van der Waals surface area (Å²) in [5, 5.41) is 7.17. The number of carbonyl (C=O) groups is 2. The number of carbonyl (C=O) groups excluding carboxylic acids is 2. The minimum absolute atomic E-state index is 0.0705. The third-order valence-electron chi connectivity index (χ3n) is 2.51. The van der Waals surface area contributed by atoms with E-state index in [-0.39, 0.29) is 23.0 Å². The van der Waals surface area contributed by atoms with Crippen LogP contribution in [-0.4, -0.2) is 21.9 Å². The van der Waals surface area contributed by atoms with Crippen molar-refractivity contribution in [3.8, 4) is 0 Å². The Morgan fingerprint density at radius 2 is 1.29 bits per heavy atom. The van der Waals surface area contributed by atoms with Crippen molar-refractivity contribution >= 4 is 66.1 Å². The van der Waals surface area contributed by atoms with Gasteiger partial charge >= 0.3 is 0 Å². The molecular weight excluding hydrogens is 444 g/mol. The number of hydrogen-bond donors (Lipinski definition) is 0. The van der Waals surface area contributed by atoms with Crippen LogP contribution < -0.4 is 0 Å². The zero-order valence-electron chi connectivity index (χ0n) is 10.0. The highest BCUT2D eigenvalue weighted by atomic mass is 79.9. The summed E-state index contributed by atoms with van der Waals surface area (Å²) < 4.78 is 6.22. The van der Waals surface area contributed by atoms with E-state index in [1.54, 1.807) is 24.3 Å². The highest BCUT2D eigenvalue weighted by Gasteiger charge is 2.27. The summed E-state index contributed by atoms with van der Waals surface area (Å²) in [6.45, 7) is 0. The smallest absolute Gasteiger partial charge is 0.227 e. The maximum absolute atomic E-state index is 12.4. The van der Waals surface area contributed by atoms with Gasteiger partial charge < -0.3 is 0 Å². The van der Waals surface area contributed by atoms with Gasteiger partial charge in [0.2, 0.25) is 11.6 Å². The fourth-order valence-corrected chi connectivity index (χ4v) is 4.25. The molecule has 21 heavy (non-hydrogen) atoms. The van der Waals surface area contributed by atoms with Gasteiger partial charge in [-0.15, -0.1) is 22.7 Å². The SMILES string of the molecule is O=C(c1ccc(Br)s1)c1nonc1C(=O)c1ccc(Br)s1. The lowest BCUT2D eigenvalue weighted by molar-refractivity contribution is 0.100. The Morgan fingerprint density at radius 3 is 1.62 bits per heavy atom. The van der Waals surface area contributed by atoms with E-state index >= 15 is 0 Å². The standard InChI is InChI=1S/C12H4Br2N2O3S2/c13-7-3-1-5(20-7)11(17)9-10(16-19-15-9)12(18)6-2-4-8(14)21-6/h1-4H. The molecule has 0 radical (unpaired) electrons. The fraction of sp³-hybridized carbons (Fsp3) is 0. The van der Waals surface area contributed by atoms with Crippen LogP contribution in [0.1, 0.15) is 30.7 Å². The Hall–Kier alpha value is -1.16. The monoisotopic (exact) mass is 446 g/mol. The van der Waals surface area contributed by atoms with Crippen LogP contribution in [0.15, 0.2) is 36.5 Å². The van der Waals surface area contributed by atoms with Crippen LogP contribution in [0.25, 0.3) is 0 Å². The van der Waals surface area contributed by atoms with E-state index in [2.05, 4.69) is 46.8 Å². The Morgan fingerprint density at radius 1 is 0.857 bits per heavy atom. The van der Waals surface area contributed by atoms with E-state index in [1.807, 2.05) is 0 Å². The summed E-state index contributed by atoms with van der Waals surface area (Å²) in [5.41, 5.74) is -0.141. The van der Waals surface area contributed by atoms with Crippen LogP contribution >= 0.6 is 54.5 Å². The molecule has 3 heterocycles. The molecule has 0 aliphatic rings. The van der Waals surface area contributed by atoms with Crippen molar-refractivity contribution in [2.45, 2.75) is 0 Å². The Balaban J connectivity index is 1.97. The molecule has 0 bridgehead atoms. The molecule has 0 saturated heterocycles. The minimum Gasteiger partial charge on any atom is -0.286 e. The second kappa shape index (κ2) is 5.91. The quantitative estimate of drug-likeness (QED) is 0.561. The predicted octanol–water partition coefficient (Wildman–Crippen LogP) is 4.18. The molecule has 3 aromatic rings. The zero-order valence-corrected chi connectivity index (χ0v) is 14.8. The topological polar surface area (TPSA) is 73.1 Å². The first-order valence-electron chi connectivity index (χ1n) is 5.49.